The fraction of sp³-hybridized carbons (Fsp3) is 0. The molecular weight excluding hydrogens is 734 g/mol. The molecular formula is C45H40B11N3S. The number of rotatable bonds is 6. The lowest BCUT2D eigenvalue weighted by Gasteiger charge is -2.24. The first-order chi connectivity index (χ1) is 28.8. The van der Waals surface area contributed by atoms with Crippen LogP contribution in [0.15, 0.2) is 109 Å². The standard InChI is InChI=1S/C45H40B11N3S/c46-30-26(31(47)37(53)39(55)36(30)52)28-33(49)35(51)32(48)27-25-29(34(50)38(54)40(56)42(25)60-41(27)28)45-58-43(23-15-11-21(12-16-23)19-7-3-1-4-8-19)57-44(59-45)24-17-13-22(14-18-24)20-9-5-2-6-10-20/h1-18H,46-56H2. The second kappa shape index (κ2) is 15.5. The van der Waals surface area contributed by atoms with Crippen LogP contribution in [-0.2, 0) is 0 Å². The Morgan fingerprint density at radius 2 is 0.617 bits per heavy atom. The van der Waals surface area contributed by atoms with Crippen LogP contribution in [0.2, 0.25) is 0 Å². The van der Waals surface area contributed by atoms with Crippen molar-refractivity contribution in [3.05, 3.63) is 109 Å². The van der Waals surface area contributed by atoms with Crippen LogP contribution in [-0.4, -0.2) is 101 Å². The Kier molecular flexibility index (Phi) is 10.3. The Hall–Kier alpha value is -5.52. The Morgan fingerprint density at radius 3 is 1.10 bits per heavy atom. The fourth-order valence-electron chi connectivity index (χ4n) is 9.21. The summed E-state index contributed by atoms with van der Waals surface area (Å²) >= 11 is 1.94. The minimum absolute atomic E-state index is 0.661. The fourth-order valence-corrected chi connectivity index (χ4v) is 10.7. The van der Waals surface area contributed by atoms with Gasteiger partial charge in [-0.2, -0.15) is 0 Å². The zero-order chi connectivity index (χ0) is 42.1. The molecule has 0 N–H and O–H groups in total. The van der Waals surface area contributed by atoms with Gasteiger partial charge in [0.15, 0.2) is 17.5 Å². The van der Waals surface area contributed by atoms with E-state index in [1.807, 2.05) is 11.3 Å². The number of thiophene rings is 1. The normalized spacial score (nSPS) is 11.4. The highest BCUT2D eigenvalue weighted by Crippen LogP contribution is 2.40. The van der Waals surface area contributed by atoms with Crippen LogP contribution in [0.25, 0.3) is 87.7 Å². The predicted molar refractivity (Wildman–Crippen MR) is 295 cm³/mol. The van der Waals surface area contributed by atoms with Gasteiger partial charge in [0.05, 0.1) is 0 Å². The molecule has 0 fully saturated rings. The molecule has 0 aliphatic rings. The van der Waals surface area contributed by atoms with Crippen molar-refractivity contribution in [2.24, 2.45) is 0 Å². The molecule has 0 bridgehead atoms. The molecule has 0 saturated heterocycles. The van der Waals surface area contributed by atoms with E-state index >= 15 is 0 Å². The molecule has 9 aromatic rings. The molecule has 274 valence electrons. The second-order valence-electron chi connectivity index (χ2n) is 16.7. The third-order valence-electron chi connectivity index (χ3n) is 13.7. The maximum atomic E-state index is 5.43. The van der Waals surface area contributed by atoms with Crippen LogP contribution < -0.4 is 60.1 Å². The third-order valence-corrected chi connectivity index (χ3v) is 15.0. The minimum Gasteiger partial charge on any atom is -0.208 e. The average molecular weight is 774 g/mol. The van der Waals surface area contributed by atoms with Crippen molar-refractivity contribution >= 4 is 178 Å². The number of hydrogen-bond acceptors (Lipinski definition) is 4. The zero-order valence-corrected chi connectivity index (χ0v) is 37.5. The summed E-state index contributed by atoms with van der Waals surface area (Å²) < 4.78 is 2.65. The van der Waals surface area contributed by atoms with Crippen molar-refractivity contribution in [2.75, 3.05) is 0 Å². The highest BCUT2D eigenvalue weighted by molar-refractivity contribution is 7.28. The monoisotopic (exact) mass is 775 g/mol. The maximum absolute atomic E-state index is 5.43. The number of benzene rings is 7. The quantitative estimate of drug-likeness (QED) is 0.158. The third kappa shape index (κ3) is 6.48. The molecule has 2 heterocycles. The van der Waals surface area contributed by atoms with Crippen molar-refractivity contribution in [1.82, 2.24) is 15.0 Å². The summed E-state index contributed by atoms with van der Waals surface area (Å²) in [6.07, 6.45) is 0. The van der Waals surface area contributed by atoms with Crippen molar-refractivity contribution in [3.63, 3.8) is 0 Å². The van der Waals surface area contributed by atoms with E-state index in [2.05, 4.69) is 196 Å². The molecule has 15 heteroatoms. The first-order valence-corrected chi connectivity index (χ1v) is 21.8. The molecule has 0 aliphatic carbocycles. The molecule has 0 spiro atoms. The highest BCUT2D eigenvalue weighted by Gasteiger charge is 2.27. The van der Waals surface area contributed by atoms with E-state index in [0.29, 0.717) is 17.5 Å². The van der Waals surface area contributed by atoms with E-state index in [0.717, 1.165) is 27.8 Å². The van der Waals surface area contributed by atoms with Gasteiger partial charge in [-0.05, 0) is 38.8 Å². The Morgan fingerprint density at radius 1 is 0.267 bits per heavy atom. The largest absolute Gasteiger partial charge is 0.208 e. The van der Waals surface area contributed by atoms with Crippen LogP contribution in [0.3, 0.4) is 0 Å². The number of fused-ring (bicyclic) bond motifs is 3. The van der Waals surface area contributed by atoms with Gasteiger partial charge in [0, 0.05) is 31.5 Å². The molecule has 0 unspecified atom stereocenters. The highest BCUT2D eigenvalue weighted by atomic mass is 32.1. The van der Waals surface area contributed by atoms with Crippen molar-refractivity contribution in [3.8, 4) is 67.5 Å². The Bertz CT molecular complexity index is 3060. The van der Waals surface area contributed by atoms with Gasteiger partial charge in [-0.1, -0.05) is 147 Å². The smallest absolute Gasteiger partial charge is 0.164 e. The minimum atomic E-state index is 0.661. The van der Waals surface area contributed by atoms with E-state index in [9.17, 15) is 0 Å². The van der Waals surface area contributed by atoms with Gasteiger partial charge >= 0.3 is 0 Å². The molecule has 0 atom stereocenters. The van der Waals surface area contributed by atoms with E-state index < -0.39 is 0 Å². The van der Waals surface area contributed by atoms with Gasteiger partial charge in [-0.25, -0.2) is 15.0 Å². The lowest BCUT2D eigenvalue weighted by Crippen LogP contribution is -2.56. The van der Waals surface area contributed by atoms with Crippen molar-refractivity contribution in [1.29, 1.82) is 0 Å². The molecule has 0 saturated carbocycles. The van der Waals surface area contributed by atoms with Gasteiger partial charge in [0.1, 0.15) is 86.3 Å². The van der Waals surface area contributed by atoms with E-state index in [1.54, 1.807) is 0 Å². The van der Waals surface area contributed by atoms with Gasteiger partial charge in [-0.15, -0.1) is 33.2 Å². The molecule has 9 rings (SSSR count). The lowest BCUT2D eigenvalue weighted by molar-refractivity contribution is 1.08. The molecule has 60 heavy (non-hydrogen) atoms. The van der Waals surface area contributed by atoms with Crippen LogP contribution in [0.5, 0.6) is 0 Å². The summed E-state index contributed by atoms with van der Waals surface area (Å²) in [6.45, 7) is 0. The molecule has 3 nitrogen and oxygen atoms in total. The Labute approximate surface area is 367 Å². The van der Waals surface area contributed by atoms with Crippen LogP contribution in [0.1, 0.15) is 0 Å². The summed E-state index contributed by atoms with van der Waals surface area (Å²) in [7, 11) is 25.2. The molecule has 2 aromatic heterocycles. The summed E-state index contributed by atoms with van der Waals surface area (Å²) in [4.78, 5) is 16.1. The van der Waals surface area contributed by atoms with Crippen molar-refractivity contribution < 1.29 is 0 Å². The predicted octanol–water partition coefficient (Wildman–Crippen LogP) is -6.92. The van der Waals surface area contributed by atoms with Crippen LogP contribution in [0.4, 0.5) is 0 Å². The van der Waals surface area contributed by atoms with E-state index in [1.165, 1.54) is 103 Å². The zero-order valence-electron chi connectivity index (χ0n) is 36.6. The second-order valence-corrected chi connectivity index (χ2v) is 17.7. The number of nitrogens with zero attached hydrogens (tertiary/aromatic N) is 3. The van der Waals surface area contributed by atoms with Gasteiger partial charge in [0.2, 0.25) is 0 Å². The summed E-state index contributed by atoms with van der Waals surface area (Å²) in [5.74, 6) is 2.02. The van der Waals surface area contributed by atoms with Crippen LogP contribution >= 0.6 is 11.3 Å². The Balaban J connectivity index is 1.34. The number of aromatic nitrogens is 3. The van der Waals surface area contributed by atoms with E-state index in [-0.39, 0.29) is 0 Å². The summed E-state index contributed by atoms with van der Waals surface area (Å²) in [5, 5.41) is 2.56. The molecule has 0 radical (unpaired) electrons. The van der Waals surface area contributed by atoms with Gasteiger partial charge in [0.25, 0.3) is 0 Å². The van der Waals surface area contributed by atoms with Crippen LogP contribution in [0, 0.1) is 0 Å². The molecule has 7 aromatic carbocycles. The topological polar surface area (TPSA) is 38.7 Å². The van der Waals surface area contributed by atoms with Gasteiger partial charge < -0.3 is 0 Å². The van der Waals surface area contributed by atoms with Gasteiger partial charge in [-0.3, -0.25) is 0 Å². The summed E-state index contributed by atoms with van der Waals surface area (Å²) in [5.41, 5.74) is 25.1. The summed E-state index contributed by atoms with van der Waals surface area (Å²) in [6, 6.07) is 38.3. The number of hydrogen-bond donors (Lipinski definition) is 0. The van der Waals surface area contributed by atoms with Crippen molar-refractivity contribution in [2.45, 2.75) is 0 Å². The first kappa shape index (κ1) is 39.9. The first-order valence-electron chi connectivity index (χ1n) is 21.0. The molecule has 0 amide bonds. The average Bonchev–Trinajstić information content (AvgIpc) is 3.68. The van der Waals surface area contributed by atoms with E-state index in [4.69, 9.17) is 15.0 Å². The lowest BCUT2D eigenvalue weighted by atomic mass is 9.58. The molecule has 0 aliphatic heterocycles. The SMILES string of the molecule is Bc1c(B)c(B)c(-c2c(B)c(B)c(B)c3c2sc2c(B)c(B)c(B)c(-c4nc(-c5ccc(-c6ccccc6)cc5)nc(-c5ccc(-c6ccccc6)cc5)n4)c23)c(B)c1B. The maximum Gasteiger partial charge on any atom is 0.164 e.